The molecule has 0 aromatic carbocycles. The highest BCUT2D eigenvalue weighted by Gasteiger charge is 2.25. The van der Waals surface area contributed by atoms with Crippen molar-refractivity contribution >= 4 is 11.6 Å². The number of carbonyl (C=O) groups excluding carboxylic acids is 1. The van der Waals surface area contributed by atoms with Crippen molar-refractivity contribution in [2.45, 2.75) is 26.3 Å². The number of amides is 1. The van der Waals surface area contributed by atoms with Crippen LogP contribution in [0.15, 0.2) is 6.20 Å². The summed E-state index contributed by atoms with van der Waals surface area (Å²) in [5.41, 5.74) is 0.992. The van der Waals surface area contributed by atoms with Crippen molar-refractivity contribution in [2.24, 2.45) is 7.05 Å². The fraction of sp³-hybridized carbons (Fsp3) is 0.600. The third-order valence-corrected chi connectivity index (χ3v) is 2.45. The minimum absolute atomic E-state index is 0.0684. The van der Waals surface area contributed by atoms with Crippen molar-refractivity contribution in [1.82, 2.24) is 15.1 Å². The fourth-order valence-electron chi connectivity index (χ4n) is 1.11. The van der Waals surface area contributed by atoms with Crippen molar-refractivity contribution in [1.29, 1.82) is 0 Å². The maximum Gasteiger partial charge on any atom is 0.244 e. The lowest BCUT2D eigenvalue weighted by atomic mass is 10.1. The second-order valence-electron chi connectivity index (χ2n) is 4.13. The predicted octanol–water partition coefficient (Wildman–Crippen LogP) is 0.665. The van der Waals surface area contributed by atoms with Crippen LogP contribution in [-0.2, 0) is 11.8 Å². The van der Waals surface area contributed by atoms with Gasteiger partial charge >= 0.3 is 0 Å². The Kier molecular flexibility index (Phi) is 3.14. The van der Waals surface area contributed by atoms with Gasteiger partial charge in [0, 0.05) is 13.2 Å². The Bertz CT molecular complexity index is 367. The maximum atomic E-state index is 11.8. The molecule has 0 bridgehead atoms. The lowest BCUT2D eigenvalue weighted by molar-refractivity contribution is -0.121. The largest absolute Gasteiger partial charge is 0.322 e. The number of carbonyl (C=O) groups is 1. The third-order valence-electron chi connectivity index (χ3n) is 2.45. The van der Waals surface area contributed by atoms with E-state index in [0.29, 0.717) is 0 Å². The molecule has 0 aliphatic rings. The van der Waals surface area contributed by atoms with Gasteiger partial charge in [-0.15, -0.1) is 0 Å². The quantitative estimate of drug-likeness (QED) is 0.770. The van der Waals surface area contributed by atoms with E-state index in [0.717, 1.165) is 11.4 Å². The smallest absolute Gasteiger partial charge is 0.244 e. The molecule has 2 N–H and O–H groups in total. The highest BCUT2D eigenvalue weighted by Crippen LogP contribution is 2.13. The van der Waals surface area contributed by atoms with Crippen molar-refractivity contribution < 1.29 is 4.79 Å². The molecule has 1 amide bonds. The van der Waals surface area contributed by atoms with Crippen LogP contribution in [0, 0.1) is 6.92 Å². The molecule has 0 aliphatic heterocycles. The molecule has 0 aliphatic carbocycles. The minimum atomic E-state index is -0.581. The normalized spacial score (nSPS) is 11.5. The van der Waals surface area contributed by atoms with Gasteiger partial charge in [-0.25, -0.2) is 0 Å². The summed E-state index contributed by atoms with van der Waals surface area (Å²) in [4.78, 5) is 11.8. The second kappa shape index (κ2) is 4.02. The number of likely N-dealkylation sites (N-methyl/N-ethyl adjacent to an activating group) is 1. The summed E-state index contributed by atoms with van der Waals surface area (Å²) >= 11 is 0. The molecule has 15 heavy (non-hydrogen) atoms. The molecule has 0 saturated heterocycles. The molecule has 0 atom stereocenters. The molecule has 0 spiro atoms. The predicted molar refractivity (Wildman–Crippen MR) is 59.7 cm³/mol. The first-order valence-electron chi connectivity index (χ1n) is 4.87. The van der Waals surface area contributed by atoms with Gasteiger partial charge in [0.25, 0.3) is 0 Å². The SMILES string of the molecule is CNC(C)(C)C(=O)Nc1cn(C)nc1C. The van der Waals surface area contributed by atoms with Gasteiger partial charge in [-0.05, 0) is 27.8 Å². The summed E-state index contributed by atoms with van der Waals surface area (Å²) in [6.07, 6.45) is 1.79. The van der Waals surface area contributed by atoms with Gasteiger partial charge in [0.05, 0.1) is 16.9 Å². The fourth-order valence-corrected chi connectivity index (χ4v) is 1.11. The number of aryl methyl sites for hydroxylation is 2. The Balaban J connectivity index is 2.79. The lowest BCUT2D eigenvalue weighted by Gasteiger charge is -2.22. The van der Waals surface area contributed by atoms with E-state index in [1.165, 1.54) is 0 Å². The van der Waals surface area contributed by atoms with E-state index in [1.807, 2.05) is 27.8 Å². The number of rotatable bonds is 3. The molecule has 84 valence electrons. The van der Waals surface area contributed by atoms with E-state index in [2.05, 4.69) is 15.7 Å². The minimum Gasteiger partial charge on any atom is -0.322 e. The first-order chi connectivity index (χ1) is 6.86. The molecule has 1 heterocycles. The number of anilines is 1. The summed E-state index contributed by atoms with van der Waals surface area (Å²) in [6.45, 7) is 5.52. The van der Waals surface area contributed by atoms with Crippen molar-refractivity contribution in [3.63, 3.8) is 0 Å². The van der Waals surface area contributed by atoms with Crippen LogP contribution in [0.25, 0.3) is 0 Å². The van der Waals surface area contributed by atoms with Crippen LogP contribution in [0.1, 0.15) is 19.5 Å². The van der Waals surface area contributed by atoms with Gasteiger partial charge in [-0.1, -0.05) is 0 Å². The number of aromatic nitrogens is 2. The zero-order valence-corrected chi connectivity index (χ0v) is 9.88. The number of nitrogens with one attached hydrogen (secondary N) is 2. The molecular formula is C10H18N4O. The maximum absolute atomic E-state index is 11.8. The van der Waals surface area contributed by atoms with Gasteiger partial charge in [-0.3, -0.25) is 9.48 Å². The summed E-state index contributed by atoms with van der Waals surface area (Å²) in [5, 5.41) is 9.94. The molecule has 0 saturated carbocycles. The average molecular weight is 210 g/mol. The van der Waals surface area contributed by atoms with Crippen molar-refractivity contribution in [3.05, 3.63) is 11.9 Å². The van der Waals surface area contributed by atoms with Gasteiger partial charge < -0.3 is 10.6 Å². The van der Waals surface area contributed by atoms with Crippen LogP contribution in [0.2, 0.25) is 0 Å². The van der Waals surface area contributed by atoms with Gasteiger partial charge in [0.1, 0.15) is 0 Å². The van der Waals surface area contributed by atoms with Crippen LogP contribution in [0.3, 0.4) is 0 Å². The van der Waals surface area contributed by atoms with Crippen LogP contribution >= 0.6 is 0 Å². The Morgan fingerprint density at radius 2 is 2.13 bits per heavy atom. The molecule has 5 heteroatoms. The zero-order chi connectivity index (χ0) is 11.6. The van der Waals surface area contributed by atoms with E-state index in [4.69, 9.17) is 0 Å². The average Bonchev–Trinajstić information content (AvgIpc) is 2.45. The standard InChI is InChI=1S/C10H18N4O/c1-7-8(6-14(5)13-7)12-9(15)10(2,3)11-4/h6,11H,1-5H3,(H,12,15). The molecule has 5 nitrogen and oxygen atoms in total. The molecular weight excluding hydrogens is 192 g/mol. The van der Waals surface area contributed by atoms with Crippen molar-refractivity contribution in [2.75, 3.05) is 12.4 Å². The van der Waals surface area contributed by atoms with E-state index in [9.17, 15) is 4.79 Å². The van der Waals surface area contributed by atoms with Gasteiger partial charge in [-0.2, -0.15) is 5.10 Å². The molecule has 1 aromatic heterocycles. The molecule has 1 aromatic rings. The highest BCUT2D eigenvalue weighted by atomic mass is 16.2. The highest BCUT2D eigenvalue weighted by molar-refractivity contribution is 5.97. The first kappa shape index (κ1) is 11.7. The summed E-state index contributed by atoms with van der Waals surface area (Å²) in [7, 11) is 3.58. The van der Waals surface area contributed by atoms with Crippen LogP contribution in [0.5, 0.6) is 0 Å². The monoisotopic (exact) mass is 210 g/mol. The second-order valence-corrected chi connectivity index (χ2v) is 4.13. The number of hydrogen-bond acceptors (Lipinski definition) is 3. The Hall–Kier alpha value is -1.36. The molecule has 0 fully saturated rings. The topological polar surface area (TPSA) is 59.0 Å². The lowest BCUT2D eigenvalue weighted by Crippen LogP contribution is -2.47. The summed E-state index contributed by atoms with van der Waals surface area (Å²) < 4.78 is 1.68. The van der Waals surface area contributed by atoms with E-state index in [1.54, 1.807) is 17.9 Å². The van der Waals surface area contributed by atoms with E-state index >= 15 is 0 Å². The van der Waals surface area contributed by atoms with E-state index < -0.39 is 5.54 Å². The number of nitrogens with zero attached hydrogens (tertiary/aromatic N) is 2. The Morgan fingerprint density at radius 1 is 1.53 bits per heavy atom. The first-order valence-corrected chi connectivity index (χ1v) is 4.87. The summed E-state index contributed by atoms with van der Waals surface area (Å²) in [6, 6.07) is 0. The molecule has 1 rings (SSSR count). The van der Waals surface area contributed by atoms with E-state index in [-0.39, 0.29) is 5.91 Å². The Morgan fingerprint density at radius 3 is 2.53 bits per heavy atom. The Labute approximate surface area is 89.9 Å². The van der Waals surface area contributed by atoms with Gasteiger partial charge in [0.2, 0.25) is 5.91 Å². The number of hydrogen-bond donors (Lipinski definition) is 2. The zero-order valence-electron chi connectivity index (χ0n) is 9.88. The van der Waals surface area contributed by atoms with Gasteiger partial charge in [0.15, 0.2) is 0 Å². The van der Waals surface area contributed by atoms with Crippen molar-refractivity contribution in [3.8, 4) is 0 Å². The van der Waals surface area contributed by atoms with Crippen LogP contribution in [0.4, 0.5) is 5.69 Å². The summed E-state index contributed by atoms with van der Waals surface area (Å²) in [5.74, 6) is -0.0684. The molecule has 0 unspecified atom stereocenters. The van der Waals surface area contributed by atoms with Crippen LogP contribution in [-0.4, -0.2) is 28.3 Å². The third kappa shape index (κ3) is 2.56. The van der Waals surface area contributed by atoms with Crippen LogP contribution < -0.4 is 10.6 Å². The molecule has 0 radical (unpaired) electrons.